The number of fused-ring (bicyclic) bond motifs is 1. The van der Waals surface area contributed by atoms with Gasteiger partial charge in [-0.3, -0.25) is 10.1 Å². The summed E-state index contributed by atoms with van der Waals surface area (Å²) in [6.07, 6.45) is 3.35. The Labute approximate surface area is 122 Å². The molecular weight excluding hydrogens is 270 g/mol. The zero-order chi connectivity index (χ0) is 14.8. The Morgan fingerprint density at radius 1 is 1.10 bits per heavy atom. The smallest absolute Gasteiger partial charge is 0.275 e. The molecule has 1 N–H and O–H groups in total. The third-order valence-electron chi connectivity index (χ3n) is 3.72. The summed E-state index contributed by atoms with van der Waals surface area (Å²) in [5, 5.41) is 20.1. The van der Waals surface area contributed by atoms with Gasteiger partial charge in [0.2, 0.25) is 0 Å². The van der Waals surface area contributed by atoms with Crippen LogP contribution in [0.15, 0.2) is 36.4 Å². The molecule has 1 aliphatic carbocycles. The van der Waals surface area contributed by atoms with Crippen LogP contribution in [0, 0.1) is 10.1 Å². The van der Waals surface area contributed by atoms with Crippen LogP contribution in [-0.4, -0.2) is 10.0 Å². The topological polar surface area (TPSA) is 72.6 Å². The average molecular weight is 285 g/mol. The normalized spacial score (nSPS) is 13.0. The highest BCUT2D eigenvalue weighted by Crippen LogP contribution is 2.31. The third kappa shape index (κ3) is 2.73. The van der Waals surface area contributed by atoms with Gasteiger partial charge in [0, 0.05) is 6.07 Å². The number of nitro benzene ring substituents is 1. The van der Waals surface area contributed by atoms with Crippen molar-refractivity contribution >= 4 is 5.69 Å². The highest BCUT2D eigenvalue weighted by molar-refractivity contribution is 5.47. The minimum absolute atomic E-state index is 0.0983. The van der Waals surface area contributed by atoms with Gasteiger partial charge in [0.25, 0.3) is 5.69 Å². The number of nitro groups is 1. The molecule has 0 saturated carbocycles. The molecule has 2 aromatic carbocycles. The summed E-state index contributed by atoms with van der Waals surface area (Å²) in [5.41, 5.74) is 2.82. The van der Waals surface area contributed by atoms with Crippen molar-refractivity contribution in [2.75, 3.05) is 0 Å². The quantitative estimate of drug-likeness (QED) is 0.690. The van der Waals surface area contributed by atoms with Crippen molar-refractivity contribution in [1.82, 2.24) is 0 Å². The molecule has 0 aromatic heterocycles. The summed E-state index contributed by atoms with van der Waals surface area (Å²) in [4.78, 5) is 10.3. The Morgan fingerprint density at radius 3 is 2.57 bits per heavy atom. The van der Waals surface area contributed by atoms with Crippen LogP contribution in [0.4, 0.5) is 5.69 Å². The first-order valence-electron chi connectivity index (χ1n) is 6.85. The summed E-state index contributed by atoms with van der Waals surface area (Å²) in [6, 6.07) is 10.4. The van der Waals surface area contributed by atoms with E-state index in [1.807, 2.05) is 12.1 Å². The van der Waals surface area contributed by atoms with Crippen molar-refractivity contribution in [3.63, 3.8) is 0 Å². The molecule has 21 heavy (non-hydrogen) atoms. The van der Waals surface area contributed by atoms with Crippen molar-refractivity contribution in [3.05, 3.63) is 63.2 Å². The van der Waals surface area contributed by atoms with Gasteiger partial charge in [-0.25, -0.2) is 0 Å². The van der Waals surface area contributed by atoms with Crippen LogP contribution in [0.2, 0.25) is 0 Å². The highest BCUT2D eigenvalue weighted by atomic mass is 16.6. The fourth-order valence-corrected chi connectivity index (χ4v) is 2.68. The number of nitrogens with zero attached hydrogens (tertiary/aromatic N) is 1. The summed E-state index contributed by atoms with van der Waals surface area (Å²) in [7, 11) is 0. The van der Waals surface area contributed by atoms with E-state index in [1.54, 1.807) is 6.07 Å². The van der Waals surface area contributed by atoms with Crippen LogP contribution in [0.1, 0.15) is 23.1 Å². The monoisotopic (exact) mass is 285 g/mol. The highest BCUT2D eigenvalue weighted by Gasteiger charge is 2.15. The number of aryl methyl sites for hydroxylation is 2. The average Bonchev–Trinajstić information content (AvgIpc) is 2.94. The molecule has 0 atom stereocenters. The number of aliphatic hydroxyl groups excluding tert-OH is 1. The molecule has 0 spiro atoms. The van der Waals surface area contributed by atoms with Gasteiger partial charge in [0.1, 0.15) is 11.5 Å². The van der Waals surface area contributed by atoms with Gasteiger partial charge in [-0.05, 0) is 54.7 Å². The zero-order valence-corrected chi connectivity index (χ0v) is 11.4. The lowest BCUT2D eigenvalue weighted by atomic mass is 10.1. The number of ether oxygens (including phenoxy) is 1. The molecule has 0 radical (unpaired) electrons. The van der Waals surface area contributed by atoms with E-state index in [0.29, 0.717) is 11.5 Å². The van der Waals surface area contributed by atoms with Crippen LogP contribution in [0.5, 0.6) is 11.5 Å². The molecule has 0 fully saturated rings. The van der Waals surface area contributed by atoms with Gasteiger partial charge in [0.15, 0.2) is 0 Å². The fraction of sp³-hybridized carbons (Fsp3) is 0.250. The number of benzene rings is 2. The zero-order valence-electron chi connectivity index (χ0n) is 11.4. The van der Waals surface area contributed by atoms with Crippen molar-refractivity contribution in [1.29, 1.82) is 0 Å². The van der Waals surface area contributed by atoms with Crippen molar-refractivity contribution in [3.8, 4) is 11.5 Å². The fourth-order valence-electron chi connectivity index (χ4n) is 2.68. The van der Waals surface area contributed by atoms with Crippen LogP contribution in [-0.2, 0) is 19.4 Å². The Morgan fingerprint density at radius 2 is 1.81 bits per heavy atom. The van der Waals surface area contributed by atoms with Crippen molar-refractivity contribution in [2.45, 2.75) is 25.9 Å². The van der Waals surface area contributed by atoms with E-state index in [-0.39, 0.29) is 11.3 Å². The summed E-state index contributed by atoms with van der Waals surface area (Å²) in [6.45, 7) is -0.391. The van der Waals surface area contributed by atoms with Crippen LogP contribution < -0.4 is 4.74 Å². The SMILES string of the molecule is O=[N+]([O-])c1ccc(Oc2ccc3c(c2)CCC3)cc1CO. The molecule has 5 nitrogen and oxygen atoms in total. The Hall–Kier alpha value is -2.40. The van der Waals surface area contributed by atoms with Crippen LogP contribution in [0.3, 0.4) is 0 Å². The van der Waals surface area contributed by atoms with Crippen molar-refractivity contribution < 1.29 is 14.8 Å². The number of hydrogen-bond acceptors (Lipinski definition) is 4. The lowest BCUT2D eigenvalue weighted by Gasteiger charge is -2.09. The molecule has 0 amide bonds. The molecule has 0 aliphatic heterocycles. The molecule has 1 aliphatic rings. The summed E-state index contributed by atoms with van der Waals surface area (Å²) >= 11 is 0. The molecule has 0 saturated heterocycles. The van der Waals surface area contributed by atoms with E-state index < -0.39 is 11.5 Å². The molecule has 108 valence electrons. The molecule has 0 heterocycles. The maximum Gasteiger partial charge on any atom is 0.275 e. The largest absolute Gasteiger partial charge is 0.457 e. The van der Waals surface area contributed by atoms with Crippen molar-refractivity contribution in [2.24, 2.45) is 0 Å². The molecular formula is C16H15NO4. The van der Waals surface area contributed by atoms with E-state index in [2.05, 4.69) is 6.07 Å². The lowest BCUT2D eigenvalue weighted by Crippen LogP contribution is -1.96. The van der Waals surface area contributed by atoms with E-state index in [0.717, 1.165) is 12.8 Å². The first kappa shape index (κ1) is 13.6. The molecule has 5 heteroatoms. The summed E-state index contributed by atoms with van der Waals surface area (Å²) in [5.74, 6) is 1.20. The first-order chi connectivity index (χ1) is 10.2. The predicted molar refractivity (Wildman–Crippen MR) is 77.6 cm³/mol. The van der Waals surface area contributed by atoms with Crippen LogP contribution in [0.25, 0.3) is 0 Å². The van der Waals surface area contributed by atoms with Gasteiger partial charge in [0.05, 0.1) is 17.1 Å². The van der Waals surface area contributed by atoms with Gasteiger partial charge >= 0.3 is 0 Å². The van der Waals surface area contributed by atoms with Gasteiger partial charge < -0.3 is 9.84 Å². The van der Waals surface area contributed by atoms with E-state index in [1.165, 1.54) is 29.7 Å². The Balaban J connectivity index is 1.86. The molecule has 3 rings (SSSR count). The maximum absolute atomic E-state index is 10.8. The predicted octanol–water partition coefficient (Wildman–Crippen LogP) is 3.37. The maximum atomic E-state index is 10.8. The second-order valence-corrected chi connectivity index (χ2v) is 5.09. The van der Waals surface area contributed by atoms with E-state index in [9.17, 15) is 15.2 Å². The summed E-state index contributed by atoms with van der Waals surface area (Å²) < 4.78 is 5.75. The van der Waals surface area contributed by atoms with Gasteiger partial charge in [-0.1, -0.05) is 6.07 Å². The number of rotatable bonds is 4. The second kappa shape index (κ2) is 5.54. The van der Waals surface area contributed by atoms with E-state index >= 15 is 0 Å². The minimum Gasteiger partial charge on any atom is -0.457 e. The van der Waals surface area contributed by atoms with Crippen LogP contribution >= 0.6 is 0 Å². The van der Waals surface area contributed by atoms with Gasteiger partial charge in [-0.15, -0.1) is 0 Å². The number of aliphatic hydroxyl groups is 1. The van der Waals surface area contributed by atoms with Gasteiger partial charge in [-0.2, -0.15) is 0 Å². The standard InChI is InChI=1S/C16H15NO4/c18-10-13-9-15(6-7-16(13)17(19)20)21-14-5-4-11-2-1-3-12(11)8-14/h4-9,18H,1-3,10H2. The number of hydrogen-bond donors (Lipinski definition) is 1. The molecule has 0 bridgehead atoms. The Kier molecular flexibility index (Phi) is 3.58. The Bertz CT molecular complexity index is 697. The lowest BCUT2D eigenvalue weighted by molar-refractivity contribution is -0.385. The van der Waals surface area contributed by atoms with E-state index in [4.69, 9.17) is 4.74 Å². The first-order valence-corrected chi connectivity index (χ1v) is 6.85. The third-order valence-corrected chi connectivity index (χ3v) is 3.72. The second-order valence-electron chi connectivity index (χ2n) is 5.09. The molecule has 2 aromatic rings. The molecule has 0 unspecified atom stereocenters. The minimum atomic E-state index is -0.509.